The van der Waals surface area contributed by atoms with E-state index in [4.69, 9.17) is 21.1 Å². The highest BCUT2D eigenvalue weighted by atomic mass is 35.5. The maximum Gasteiger partial charge on any atom is 0.231 e. The van der Waals surface area contributed by atoms with Crippen molar-refractivity contribution in [1.29, 1.82) is 0 Å². The summed E-state index contributed by atoms with van der Waals surface area (Å²) in [6.45, 7) is 0.247. The van der Waals surface area contributed by atoms with E-state index in [1.54, 1.807) is 0 Å². The number of rotatable bonds is 5. The first kappa shape index (κ1) is 16.9. The number of aryl methyl sites for hydroxylation is 1. The highest BCUT2D eigenvalue weighted by molar-refractivity contribution is 7.14. The highest BCUT2D eigenvalue weighted by Crippen LogP contribution is 2.33. The fourth-order valence-corrected chi connectivity index (χ4v) is 3.62. The molecule has 3 aromatic rings. The molecular weight excluding hydrogens is 372 g/mol. The highest BCUT2D eigenvalue weighted by Gasteiger charge is 2.14. The molecule has 132 valence electrons. The van der Waals surface area contributed by atoms with Gasteiger partial charge in [-0.2, -0.15) is 0 Å². The molecular formula is C19H15ClN2O3S. The summed E-state index contributed by atoms with van der Waals surface area (Å²) in [5.41, 5.74) is 2.64. The van der Waals surface area contributed by atoms with E-state index in [9.17, 15) is 4.79 Å². The maximum absolute atomic E-state index is 12.2. The summed E-state index contributed by atoms with van der Waals surface area (Å²) < 4.78 is 10.6. The van der Waals surface area contributed by atoms with Crippen LogP contribution in [-0.4, -0.2) is 17.7 Å². The van der Waals surface area contributed by atoms with Crippen LogP contribution in [0, 0.1) is 0 Å². The Hall–Kier alpha value is -2.57. The number of nitrogens with zero attached hydrogens (tertiary/aromatic N) is 1. The molecule has 1 N–H and O–H groups in total. The van der Waals surface area contributed by atoms with E-state index >= 15 is 0 Å². The molecule has 5 nitrogen and oxygen atoms in total. The van der Waals surface area contributed by atoms with Gasteiger partial charge in [0, 0.05) is 22.4 Å². The molecule has 4 rings (SSSR count). The van der Waals surface area contributed by atoms with Gasteiger partial charge in [0.05, 0.1) is 5.69 Å². The summed E-state index contributed by atoms with van der Waals surface area (Å²) in [5, 5.41) is 5.93. The molecule has 0 aliphatic carbocycles. The average Bonchev–Trinajstić information content (AvgIpc) is 3.29. The van der Waals surface area contributed by atoms with Gasteiger partial charge in [-0.25, -0.2) is 4.98 Å². The van der Waals surface area contributed by atoms with Gasteiger partial charge in [0.15, 0.2) is 16.6 Å². The molecule has 0 unspecified atom stereocenters. The zero-order chi connectivity index (χ0) is 17.9. The van der Waals surface area contributed by atoms with E-state index in [1.165, 1.54) is 11.3 Å². The molecule has 1 aliphatic heterocycles. The Morgan fingerprint density at radius 2 is 2.04 bits per heavy atom. The number of nitrogens with one attached hydrogen (secondary N) is 1. The van der Waals surface area contributed by atoms with E-state index < -0.39 is 0 Å². The molecule has 0 bridgehead atoms. The Balaban J connectivity index is 1.36. The van der Waals surface area contributed by atoms with Gasteiger partial charge < -0.3 is 14.8 Å². The number of carbonyl (C=O) groups is 1. The van der Waals surface area contributed by atoms with Crippen molar-refractivity contribution in [2.24, 2.45) is 0 Å². The van der Waals surface area contributed by atoms with E-state index in [1.807, 2.05) is 47.8 Å². The van der Waals surface area contributed by atoms with Crippen molar-refractivity contribution in [3.05, 3.63) is 58.4 Å². The summed E-state index contributed by atoms with van der Waals surface area (Å²) >= 11 is 7.57. The van der Waals surface area contributed by atoms with Crippen molar-refractivity contribution in [3.8, 4) is 22.8 Å². The quantitative estimate of drug-likeness (QED) is 0.686. The monoisotopic (exact) mass is 386 g/mol. The number of ether oxygens (including phenoxy) is 2. The van der Waals surface area contributed by atoms with Crippen molar-refractivity contribution in [2.75, 3.05) is 12.1 Å². The topological polar surface area (TPSA) is 60.5 Å². The minimum atomic E-state index is -0.0808. The fourth-order valence-electron chi connectivity index (χ4n) is 2.66. The van der Waals surface area contributed by atoms with Crippen molar-refractivity contribution >= 4 is 34.0 Å². The van der Waals surface area contributed by atoms with Crippen LogP contribution in [0.25, 0.3) is 11.3 Å². The number of amides is 1. The Labute approximate surface area is 159 Å². The maximum atomic E-state index is 12.2. The summed E-state index contributed by atoms with van der Waals surface area (Å²) in [7, 11) is 0. The molecule has 7 heteroatoms. The molecule has 0 saturated carbocycles. The Bertz CT molecular complexity index is 957. The summed E-state index contributed by atoms with van der Waals surface area (Å²) in [6, 6.07) is 13.2. The smallest absolute Gasteiger partial charge is 0.231 e. The summed E-state index contributed by atoms with van der Waals surface area (Å²) in [6.07, 6.45) is 0.978. The molecule has 0 fully saturated rings. The number of anilines is 1. The molecule has 26 heavy (non-hydrogen) atoms. The zero-order valence-corrected chi connectivity index (χ0v) is 15.3. The SMILES string of the molecule is O=C(CCc1ccc2c(c1)OCO2)Nc1nc(-c2ccccc2Cl)cs1. The first-order chi connectivity index (χ1) is 12.7. The molecule has 0 spiro atoms. The van der Waals surface area contributed by atoms with Gasteiger partial charge in [-0.15, -0.1) is 11.3 Å². The van der Waals surface area contributed by atoms with Crippen LogP contribution >= 0.6 is 22.9 Å². The lowest BCUT2D eigenvalue weighted by Gasteiger charge is -2.04. The first-order valence-electron chi connectivity index (χ1n) is 8.08. The van der Waals surface area contributed by atoms with Gasteiger partial charge in [0.2, 0.25) is 12.7 Å². The van der Waals surface area contributed by atoms with E-state index in [2.05, 4.69) is 10.3 Å². The fraction of sp³-hybridized carbons (Fsp3) is 0.158. The standard InChI is InChI=1S/C19H15ClN2O3S/c20-14-4-2-1-3-13(14)15-10-26-19(21-15)22-18(23)8-6-12-5-7-16-17(9-12)25-11-24-16/h1-5,7,9-10H,6,8,11H2,(H,21,22,23). The lowest BCUT2D eigenvalue weighted by Crippen LogP contribution is -2.12. The molecule has 2 aromatic carbocycles. The normalized spacial score (nSPS) is 12.2. The van der Waals surface area contributed by atoms with Crippen LogP contribution in [0.15, 0.2) is 47.8 Å². The van der Waals surface area contributed by atoms with Crippen molar-refractivity contribution in [2.45, 2.75) is 12.8 Å². The molecule has 2 heterocycles. The molecule has 0 atom stereocenters. The number of carbonyl (C=O) groups excluding carboxylic acids is 1. The number of aromatic nitrogens is 1. The second kappa shape index (κ2) is 7.35. The number of fused-ring (bicyclic) bond motifs is 1. The molecule has 0 saturated heterocycles. The predicted molar refractivity (Wildman–Crippen MR) is 102 cm³/mol. The van der Waals surface area contributed by atoms with Crippen LogP contribution in [0.2, 0.25) is 5.02 Å². The third-order valence-electron chi connectivity index (χ3n) is 3.98. The van der Waals surface area contributed by atoms with E-state index in [0.717, 1.165) is 28.3 Å². The van der Waals surface area contributed by atoms with Crippen LogP contribution in [-0.2, 0) is 11.2 Å². The molecule has 0 radical (unpaired) electrons. The van der Waals surface area contributed by atoms with E-state index in [0.29, 0.717) is 23.0 Å². The number of halogens is 1. The zero-order valence-electron chi connectivity index (χ0n) is 13.7. The predicted octanol–water partition coefficient (Wildman–Crippen LogP) is 4.76. The minimum absolute atomic E-state index is 0.0808. The van der Waals surface area contributed by atoms with Crippen LogP contribution in [0.3, 0.4) is 0 Å². The molecule has 1 amide bonds. The van der Waals surface area contributed by atoms with Crippen molar-refractivity contribution in [1.82, 2.24) is 4.98 Å². The Morgan fingerprint density at radius 1 is 1.19 bits per heavy atom. The first-order valence-corrected chi connectivity index (χ1v) is 9.33. The van der Waals surface area contributed by atoms with Crippen LogP contribution in [0.5, 0.6) is 11.5 Å². The van der Waals surface area contributed by atoms with Gasteiger partial charge in [-0.3, -0.25) is 4.79 Å². The largest absolute Gasteiger partial charge is 0.454 e. The average molecular weight is 387 g/mol. The number of hydrogen-bond donors (Lipinski definition) is 1. The number of hydrogen-bond acceptors (Lipinski definition) is 5. The Morgan fingerprint density at radius 3 is 2.92 bits per heavy atom. The van der Waals surface area contributed by atoms with Gasteiger partial charge >= 0.3 is 0 Å². The second-order valence-corrected chi connectivity index (χ2v) is 7.02. The van der Waals surface area contributed by atoms with Crippen LogP contribution in [0.1, 0.15) is 12.0 Å². The lowest BCUT2D eigenvalue weighted by atomic mass is 10.1. The van der Waals surface area contributed by atoms with Gasteiger partial charge in [-0.05, 0) is 30.2 Å². The third-order valence-corrected chi connectivity index (χ3v) is 5.07. The molecule has 1 aromatic heterocycles. The van der Waals surface area contributed by atoms with Crippen molar-refractivity contribution in [3.63, 3.8) is 0 Å². The van der Waals surface area contributed by atoms with E-state index in [-0.39, 0.29) is 12.7 Å². The van der Waals surface area contributed by atoms with Gasteiger partial charge in [-0.1, -0.05) is 35.9 Å². The third kappa shape index (κ3) is 3.66. The van der Waals surface area contributed by atoms with Crippen molar-refractivity contribution < 1.29 is 14.3 Å². The van der Waals surface area contributed by atoms with Crippen LogP contribution < -0.4 is 14.8 Å². The summed E-state index contributed by atoms with van der Waals surface area (Å²) in [5.74, 6) is 1.39. The second-order valence-electron chi connectivity index (χ2n) is 5.75. The van der Waals surface area contributed by atoms with Gasteiger partial charge in [0.1, 0.15) is 0 Å². The molecule has 1 aliphatic rings. The number of benzene rings is 2. The van der Waals surface area contributed by atoms with Gasteiger partial charge in [0.25, 0.3) is 0 Å². The Kier molecular flexibility index (Phi) is 4.77. The lowest BCUT2D eigenvalue weighted by molar-refractivity contribution is -0.116. The minimum Gasteiger partial charge on any atom is -0.454 e. The summed E-state index contributed by atoms with van der Waals surface area (Å²) in [4.78, 5) is 16.7. The number of thiazole rings is 1. The van der Waals surface area contributed by atoms with Crippen LogP contribution in [0.4, 0.5) is 5.13 Å².